The molecule has 5 nitrogen and oxygen atoms in total. The third-order valence-corrected chi connectivity index (χ3v) is 5.89. The van der Waals surface area contributed by atoms with Crippen molar-refractivity contribution in [2.75, 3.05) is 32.8 Å². The number of piperidine rings is 1. The zero-order valence-electron chi connectivity index (χ0n) is 13.6. The molecule has 2 amide bonds. The first-order chi connectivity index (χ1) is 11.2. The Morgan fingerprint density at radius 1 is 1.43 bits per heavy atom. The van der Waals surface area contributed by atoms with Gasteiger partial charge in [-0.25, -0.2) is 4.79 Å². The van der Waals surface area contributed by atoms with Crippen molar-refractivity contribution in [1.29, 1.82) is 0 Å². The highest BCUT2D eigenvalue weighted by atomic mass is 32.1. The average Bonchev–Trinajstić information content (AvgIpc) is 3.19. The molecule has 1 aromatic heterocycles. The fraction of sp³-hybridized carbons (Fsp3) is 0.706. The van der Waals surface area contributed by atoms with Crippen molar-refractivity contribution in [3.05, 3.63) is 22.4 Å². The Bertz CT molecular complexity index is 502. The first-order valence-corrected chi connectivity index (χ1v) is 9.44. The summed E-state index contributed by atoms with van der Waals surface area (Å²) in [6.07, 6.45) is 4.42. The summed E-state index contributed by atoms with van der Waals surface area (Å²) in [5.41, 5.74) is -0.0281. The Balaban J connectivity index is 1.35. The van der Waals surface area contributed by atoms with Crippen molar-refractivity contribution in [1.82, 2.24) is 15.5 Å². The maximum Gasteiger partial charge on any atom is 0.314 e. The normalized spacial score (nSPS) is 23.4. The lowest BCUT2D eigenvalue weighted by Crippen LogP contribution is -2.44. The number of aliphatic hydroxyl groups is 1. The number of hydrogen-bond acceptors (Lipinski definition) is 4. The summed E-state index contributed by atoms with van der Waals surface area (Å²) in [7, 11) is 0. The van der Waals surface area contributed by atoms with Crippen molar-refractivity contribution < 1.29 is 9.90 Å². The van der Waals surface area contributed by atoms with Gasteiger partial charge >= 0.3 is 6.03 Å². The van der Waals surface area contributed by atoms with E-state index in [-0.39, 0.29) is 18.1 Å². The summed E-state index contributed by atoms with van der Waals surface area (Å²) in [6, 6.07) is 4.20. The highest BCUT2D eigenvalue weighted by molar-refractivity contribution is 7.09. The fourth-order valence-corrected chi connectivity index (χ4v) is 3.97. The molecule has 0 spiro atoms. The van der Waals surface area contributed by atoms with Crippen LogP contribution in [0.25, 0.3) is 0 Å². The summed E-state index contributed by atoms with van der Waals surface area (Å²) in [4.78, 5) is 15.8. The largest absolute Gasteiger partial charge is 0.396 e. The second-order valence-corrected chi connectivity index (χ2v) is 8.08. The fourth-order valence-electron chi connectivity index (χ4n) is 3.22. The van der Waals surface area contributed by atoms with Crippen LogP contribution in [0.4, 0.5) is 4.79 Å². The molecule has 0 radical (unpaired) electrons. The van der Waals surface area contributed by atoms with Gasteiger partial charge in [0.25, 0.3) is 0 Å². The molecule has 3 N–H and O–H groups in total. The quantitative estimate of drug-likeness (QED) is 0.713. The highest BCUT2D eigenvalue weighted by Crippen LogP contribution is 2.44. The van der Waals surface area contributed by atoms with Gasteiger partial charge in [-0.3, -0.25) is 4.90 Å². The molecule has 1 atom stereocenters. The minimum Gasteiger partial charge on any atom is -0.396 e. The molecule has 1 aliphatic heterocycles. The SMILES string of the molecule is O=C(NCC1CCCN(Cc2cccs2)C1)NCC1(CO)CC1. The van der Waals surface area contributed by atoms with Crippen LogP contribution >= 0.6 is 11.3 Å². The zero-order chi connectivity index (χ0) is 16.1. The second kappa shape index (κ2) is 7.64. The Kier molecular flexibility index (Phi) is 5.56. The van der Waals surface area contributed by atoms with Crippen LogP contribution in [0.15, 0.2) is 17.5 Å². The van der Waals surface area contributed by atoms with Gasteiger partial charge in [-0.2, -0.15) is 0 Å². The van der Waals surface area contributed by atoms with Gasteiger partial charge in [0.15, 0.2) is 0 Å². The standard InChI is InChI=1S/C17H27N3O2S/c21-13-17(5-6-17)12-19-16(22)18-9-14-3-1-7-20(10-14)11-15-4-2-8-23-15/h2,4,8,14,21H,1,3,5-7,9-13H2,(H2,18,19,22). The van der Waals surface area contributed by atoms with Crippen LogP contribution in [0.2, 0.25) is 0 Å². The van der Waals surface area contributed by atoms with E-state index >= 15 is 0 Å². The van der Waals surface area contributed by atoms with Gasteiger partial charge in [0.05, 0.1) is 6.61 Å². The molecule has 2 aliphatic rings. The number of nitrogens with zero attached hydrogens (tertiary/aromatic N) is 1. The Morgan fingerprint density at radius 2 is 2.30 bits per heavy atom. The number of hydrogen-bond donors (Lipinski definition) is 3. The van der Waals surface area contributed by atoms with Crippen molar-refractivity contribution in [2.24, 2.45) is 11.3 Å². The van der Waals surface area contributed by atoms with E-state index in [1.54, 1.807) is 0 Å². The van der Waals surface area contributed by atoms with Gasteiger partial charge in [-0.15, -0.1) is 11.3 Å². The molecule has 23 heavy (non-hydrogen) atoms. The molecule has 6 heteroatoms. The summed E-state index contributed by atoms with van der Waals surface area (Å²) in [6.45, 7) is 4.73. The molecule has 0 aromatic carbocycles. The maximum absolute atomic E-state index is 11.9. The lowest BCUT2D eigenvalue weighted by molar-refractivity contribution is 0.165. The first kappa shape index (κ1) is 16.7. The smallest absolute Gasteiger partial charge is 0.314 e. The van der Waals surface area contributed by atoms with E-state index < -0.39 is 0 Å². The van der Waals surface area contributed by atoms with Crippen molar-refractivity contribution in [3.63, 3.8) is 0 Å². The number of likely N-dealkylation sites (tertiary alicyclic amines) is 1. The number of rotatable bonds is 7. The molecule has 1 aromatic rings. The van der Waals surface area contributed by atoms with Gasteiger partial charge in [-0.1, -0.05) is 6.07 Å². The van der Waals surface area contributed by atoms with Crippen LogP contribution in [0.5, 0.6) is 0 Å². The summed E-state index contributed by atoms with van der Waals surface area (Å²) in [5, 5.41) is 17.3. The third kappa shape index (κ3) is 4.93. The van der Waals surface area contributed by atoms with Gasteiger partial charge in [0.2, 0.25) is 0 Å². The van der Waals surface area contributed by atoms with Crippen molar-refractivity contribution in [2.45, 2.75) is 32.2 Å². The molecule has 1 aliphatic carbocycles. The number of carbonyl (C=O) groups is 1. The van der Waals surface area contributed by atoms with Crippen LogP contribution in [0.3, 0.4) is 0 Å². The highest BCUT2D eigenvalue weighted by Gasteiger charge is 2.42. The van der Waals surface area contributed by atoms with Crippen LogP contribution in [-0.4, -0.2) is 48.8 Å². The maximum atomic E-state index is 11.9. The molecule has 1 saturated heterocycles. The third-order valence-electron chi connectivity index (χ3n) is 5.03. The van der Waals surface area contributed by atoms with E-state index in [0.29, 0.717) is 12.5 Å². The van der Waals surface area contributed by atoms with Gasteiger partial charge in [-0.05, 0) is 49.6 Å². The summed E-state index contributed by atoms with van der Waals surface area (Å²) >= 11 is 1.81. The number of thiophene rings is 1. The van der Waals surface area contributed by atoms with E-state index in [9.17, 15) is 9.90 Å². The predicted molar refractivity (Wildman–Crippen MR) is 92.5 cm³/mol. The lowest BCUT2D eigenvalue weighted by atomic mass is 9.98. The van der Waals surface area contributed by atoms with Gasteiger partial charge < -0.3 is 15.7 Å². The van der Waals surface area contributed by atoms with E-state index in [4.69, 9.17) is 0 Å². The van der Waals surface area contributed by atoms with E-state index in [0.717, 1.165) is 39.0 Å². The molecular formula is C17H27N3O2S. The summed E-state index contributed by atoms with van der Waals surface area (Å²) < 4.78 is 0. The van der Waals surface area contributed by atoms with Crippen LogP contribution < -0.4 is 10.6 Å². The molecule has 1 saturated carbocycles. The van der Waals surface area contributed by atoms with E-state index in [1.165, 1.54) is 17.7 Å². The monoisotopic (exact) mass is 337 g/mol. The summed E-state index contributed by atoms with van der Waals surface area (Å²) in [5.74, 6) is 0.530. The zero-order valence-corrected chi connectivity index (χ0v) is 14.4. The molecular weight excluding hydrogens is 310 g/mol. The van der Waals surface area contributed by atoms with Crippen LogP contribution in [0.1, 0.15) is 30.6 Å². The number of urea groups is 1. The molecule has 128 valence electrons. The molecule has 0 bridgehead atoms. The lowest BCUT2D eigenvalue weighted by Gasteiger charge is -2.32. The average molecular weight is 337 g/mol. The molecule has 3 rings (SSSR count). The molecule has 2 fully saturated rings. The number of amides is 2. The van der Waals surface area contributed by atoms with Gasteiger partial charge in [0, 0.05) is 36.5 Å². The van der Waals surface area contributed by atoms with Crippen molar-refractivity contribution in [3.8, 4) is 0 Å². The molecule has 1 unspecified atom stereocenters. The number of nitrogens with one attached hydrogen (secondary N) is 2. The predicted octanol–water partition coefficient (Wildman–Crippen LogP) is 2.03. The topological polar surface area (TPSA) is 64.6 Å². The first-order valence-electron chi connectivity index (χ1n) is 8.56. The van der Waals surface area contributed by atoms with E-state index in [1.807, 2.05) is 11.3 Å². The van der Waals surface area contributed by atoms with E-state index in [2.05, 4.69) is 33.0 Å². The Hall–Kier alpha value is -1.11. The molecule has 2 heterocycles. The number of carbonyl (C=O) groups excluding carboxylic acids is 1. The van der Waals surface area contributed by atoms with Gasteiger partial charge in [0.1, 0.15) is 0 Å². The Morgan fingerprint density at radius 3 is 3.00 bits per heavy atom. The number of aliphatic hydroxyl groups excluding tert-OH is 1. The van der Waals surface area contributed by atoms with Crippen LogP contribution in [-0.2, 0) is 6.54 Å². The minimum atomic E-state index is -0.0971. The second-order valence-electron chi connectivity index (χ2n) is 7.04. The van der Waals surface area contributed by atoms with Crippen molar-refractivity contribution >= 4 is 17.4 Å². The Labute approximate surface area is 142 Å². The van der Waals surface area contributed by atoms with Crippen LogP contribution in [0, 0.1) is 11.3 Å². The minimum absolute atomic E-state index is 0.0281.